The molecule has 2 aromatic heterocycles. The molecule has 0 bridgehead atoms. The molecule has 7 nitrogen and oxygen atoms in total. The Morgan fingerprint density at radius 2 is 1.96 bits per heavy atom. The van der Waals surface area contributed by atoms with E-state index in [-0.39, 0.29) is 21.4 Å². The molecule has 0 aliphatic heterocycles. The van der Waals surface area contributed by atoms with Gasteiger partial charge in [-0.3, -0.25) is 0 Å². The molecular weight excluding hydrogens is 379 g/mol. The lowest BCUT2D eigenvalue weighted by atomic mass is 10.2. The second-order valence-electron chi connectivity index (χ2n) is 5.31. The molecule has 0 saturated carbocycles. The highest BCUT2D eigenvalue weighted by Crippen LogP contribution is 2.29. The van der Waals surface area contributed by atoms with Crippen molar-refractivity contribution in [2.24, 2.45) is 0 Å². The Labute approximate surface area is 144 Å². The molecule has 1 aromatic carbocycles. The largest absolute Gasteiger partial charge is 0.453 e. The highest BCUT2D eigenvalue weighted by Gasteiger charge is 2.38. The third-order valence-electron chi connectivity index (χ3n) is 3.32. The van der Waals surface area contributed by atoms with Crippen molar-refractivity contribution in [1.29, 1.82) is 0 Å². The molecule has 12 heteroatoms. The lowest BCUT2D eigenvalue weighted by Gasteiger charge is -2.08. The molecule has 0 atom stereocenters. The van der Waals surface area contributed by atoms with Crippen molar-refractivity contribution in [3.05, 3.63) is 40.2 Å². The Morgan fingerprint density at radius 3 is 2.60 bits per heavy atom. The van der Waals surface area contributed by atoms with Crippen molar-refractivity contribution in [2.75, 3.05) is 0 Å². The lowest BCUT2D eigenvalue weighted by molar-refractivity contribution is -0.146. The summed E-state index contributed by atoms with van der Waals surface area (Å²) in [6.45, 7) is 3.26. The third-order valence-corrected chi connectivity index (χ3v) is 5.78. The van der Waals surface area contributed by atoms with Crippen molar-refractivity contribution in [1.82, 2.24) is 24.5 Å². The third kappa shape index (κ3) is 3.50. The number of halogens is 3. The van der Waals surface area contributed by atoms with Crippen LogP contribution >= 0.6 is 11.3 Å². The summed E-state index contributed by atoms with van der Waals surface area (Å²) in [6, 6.07) is 4.88. The molecule has 0 saturated heterocycles. The molecule has 134 valence electrons. The van der Waals surface area contributed by atoms with E-state index < -0.39 is 22.0 Å². The van der Waals surface area contributed by atoms with Crippen LogP contribution in [0.3, 0.4) is 0 Å². The topological polar surface area (TPSA) is 89.2 Å². The van der Waals surface area contributed by atoms with Crippen molar-refractivity contribution in [3.8, 4) is 0 Å². The molecule has 3 rings (SSSR count). The van der Waals surface area contributed by atoms with Crippen LogP contribution in [-0.4, -0.2) is 28.2 Å². The minimum Gasteiger partial charge on any atom is -0.207 e. The number of nitrogens with one attached hydrogen (secondary N) is 1. The Kier molecular flexibility index (Phi) is 4.29. The quantitative estimate of drug-likeness (QED) is 0.737. The van der Waals surface area contributed by atoms with Crippen LogP contribution in [0, 0.1) is 13.8 Å². The normalized spacial score (nSPS) is 12.8. The predicted octanol–water partition coefficient (Wildman–Crippen LogP) is 2.30. The van der Waals surface area contributed by atoms with Gasteiger partial charge in [-0.1, -0.05) is 29.0 Å². The molecule has 0 radical (unpaired) electrons. The van der Waals surface area contributed by atoms with Gasteiger partial charge in [-0.2, -0.15) is 22.8 Å². The van der Waals surface area contributed by atoms with E-state index >= 15 is 0 Å². The highest BCUT2D eigenvalue weighted by atomic mass is 32.2. The molecule has 0 fully saturated rings. The van der Waals surface area contributed by atoms with Gasteiger partial charge in [0.05, 0.1) is 11.4 Å². The van der Waals surface area contributed by atoms with E-state index in [0.29, 0.717) is 10.1 Å². The molecule has 0 unspecified atom stereocenters. The van der Waals surface area contributed by atoms with Gasteiger partial charge < -0.3 is 0 Å². The van der Waals surface area contributed by atoms with Gasteiger partial charge in [-0.15, -0.1) is 10.2 Å². The maximum Gasteiger partial charge on any atom is 0.453 e. The first-order valence-electron chi connectivity index (χ1n) is 6.93. The van der Waals surface area contributed by atoms with Gasteiger partial charge in [0.2, 0.25) is 15.0 Å². The van der Waals surface area contributed by atoms with Crippen molar-refractivity contribution in [3.63, 3.8) is 0 Å². The Bertz CT molecular complexity index is 1040. The van der Waals surface area contributed by atoms with E-state index in [0.717, 1.165) is 16.9 Å². The monoisotopic (exact) mass is 391 g/mol. The van der Waals surface area contributed by atoms with Gasteiger partial charge >= 0.3 is 6.18 Å². The number of hydrogen-bond acceptors (Lipinski definition) is 6. The maximum absolute atomic E-state index is 12.8. The first-order chi connectivity index (χ1) is 11.6. The summed E-state index contributed by atoms with van der Waals surface area (Å²) in [7, 11) is -3.82. The SMILES string of the molecule is Cc1ccc(S(=O)(=O)NCc2nn3c(C(F)(F)F)nnc3s2)c(C)c1. The van der Waals surface area contributed by atoms with Crippen LogP contribution in [0.5, 0.6) is 0 Å². The van der Waals surface area contributed by atoms with Crippen LogP contribution in [0.4, 0.5) is 13.2 Å². The molecule has 0 aliphatic rings. The summed E-state index contributed by atoms with van der Waals surface area (Å²) >= 11 is 0.828. The summed E-state index contributed by atoms with van der Waals surface area (Å²) in [4.78, 5) is 0.0464. The Hall–Kier alpha value is -2.05. The summed E-state index contributed by atoms with van der Waals surface area (Å²) < 4.78 is 65.9. The molecule has 25 heavy (non-hydrogen) atoms. The minimum atomic E-state index is -4.69. The molecule has 1 N–H and O–H groups in total. The number of sulfonamides is 1. The fourth-order valence-corrected chi connectivity index (χ4v) is 4.32. The van der Waals surface area contributed by atoms with E-state index in [1.165, 1.54) is 6.07 Å². The zero-order valence-corrected chi connectivity index (χ0v) is 14.6. The number of fused-ring (bicyclic) bond motifs is 1. The summed E-state index contributed by atoms with van der Waals surface area (Å²) in [6.07, 6.45) is -4.69. The van der Waals surface area contributed by atoms with Gasteiger partial charge in [0.15, 0.2) is 0 Å². The molecule has 0 spiro atoms. The van der Waals surface area contributed by atoms with E-state index in [9.17, 15) is 21.6 Å². The van der Waals surface area contributed by atoms with Crippen molar-refractivity contribution in [2.45, 2.75) is 31.5 Å². The first kappa shape index (κ1) is 17.8. The zero-order chi connectivity index (χ0) is 18.4. The number of nitrogens with zero attached hydrogens (tertiary/aromatic N) is 4. The number of benzene rings is 1. The zero-order valence-electron chi connectivity index (χ0n) is 13.0. The average Bonchev–Trinajstić information content (AvgIpc) is 3.03. The summed E-state index contributed by atoms with van der Waals surface area (Å²) in [5, 5.41) is 10.3. The number of aromatic nitrogens is 4. The molecule has 2 heterocycles. The lowest BCUT2D eigenvalue weighted by Crippen LogP contribution is -2.24. The van der Waals surface area contributed by atoms with Crippen LogP contribution in [-0.2, 0) is 22.7 Å². The van der Waals surface area contributed by atoms with Crippen LogP contribution < -0.4 is 4.72 Å². The average molecular weight is 391 g/mol. The number of rotatable bonds is 4. The summed E-state index contributed by atoms with van der Waals surface area (Å²) in [5.41, 5.74) is 1.50. The van der Waals surface area contributed by atoms with Crippen LogP contribution in [0.2, 0.25) is 0 Å². The van der Waals surface area contributed by atoms with Gasteiger partial charge in [0, 0.05) is 0 Å². The first-order valence-corrected chi connectivity index (χ1v) is 9.23. The van der Waals surface area contributed by atoms with Crippen LogP contribution in [0.15, 0.2) is 23.1 Å². The van der Waals surface area contributed by atoms with E-state index in [2.05, 4.69) is 20.0 Å². The smallest absolute Gasteiger partial charge is 0.207 e. The van der Waals surface area contributed by atoms with Gasteiger partial charge in [0.25, 0.3) is 5.82 Å². The second kappa shape index (κ2) is 6.04. The number of aryl methyl sites for hydroxylation is 2. The van der Waals surface area contributed by atoms with E-state index in [1.807, 2.05) is 6.92 Å². The molecule has 3 aromatic rings. The molecular formula is C13H12F3N5O2S2. The van der Waals surface area contributed by atoms with Crippen LogP contribution in [0.25, 0.3) is 4.96 Å². The highest BCUT2D eigenvalue weighted by molar-refractivity contribution is 7.89. The van der Waals surface area contributed by atoms with E-state index in [1.54, 1.807) is 19.1 Å². The fourth-order valence-electron chi connectivity index (χ4n) is 2.24. The Balaban J connectivity index is 1.83. The van der Waals surface area contributed by atoms with Crippen molar-refractivity contribution >= 4 is 26.3 Å². The molecule has 0 amide bonds. The second-order valence-corrected chi connectivity index (χ2v) is 8.08. The fraction of sp³-hybridized carbons (Fsp3) is 0.308. The summed E-state index contributed by atoms with van der Waals surface area (Å²) in [5.74, 6) is -1.25. The minimum absolute atomic E-state index is 0.0620. The van der Waals surface area contributed by atoms with Gasteiger partial charge in [-0.05, 0) is 25.5 Å². The van der Waals surface area contributed by atoms with E-state index in [4.69, 9.17) is 0 Å². The number of alkyl halides is 3. The predicted molar refractivity (Wildman–Crippen MR) is 83.6 cm³/mol. The Morgan fingerprint density at radius 1 is 1.24 bits per heavy atom. The molecule has 0 aliphatic carbocycles. The van der Waals surface area contributed by atoms with Crippen LogP contribution in [0.1, 0.15) is 22.0 Å². The van der Waals surface area contributed by atoms with Gasteiger partial charge in [-0.25, -0.2) is 13.1 Å². The maximum atomic E-state index is 12.8. The van der Waals surface area contributed by atoms with Gasteiger partial charge in [0.1, 0.15) is 5.01 Å². The van der Waals surface area contributed by atoms with Crippen molar-refractivity contribution < 1.29 is 21.6 Å². The number of hydrogen-bond donors (Lipinski definition) is 1. The standard InChI is InChI=1S/C13H12F3N5O2S2/c1-7-3-4-9(8(2)5-7)25(22,23)17-6-10-20-21-11(13(14,15)16)18-19-12(21)24-10/h3-5,17H,6H2,1-2H3.